The molecule has 3 rings (SSSR count). The molecule has 1 heterocycles. The lowest BCUT2D eigenvalue weighted by Gasteiger charge is -2.29. The standard InChI is InChI=1S/C23H30FN3O4S/c1-14(2)22(28)27-17-7-5-16(6-8-17)11-20-15(3)23(26-13-25-20)31-21-10-9-18(12-19(21)24)32(4,29)30/h9-10,12-14,16-17H,5-8,11H2,1-4H3,(H,27,28). The summed E-state index contributed by atoms with van der Waals surface area (Å²) in [6.07, 6.45) is 7.03. The second-order valence-electron chi connectivity index (χ2n) is 8.80. The van der Waals surface area contributed by atoms with Crippen LogP contribution in [-0.2, 0) is 21.1 Å². The Morgan fingerprint density at radius 1 is 1.22 bits per heavy atom. The molecule has 2 aromatic rings. The average molecular weight is 464 g/mol. The van der Waals surface area contributed by atoms with Gasteiger partial charge in [-0.05, 0) is 63.1 Å². The van der Waals surface area contributed by atoms with Crippen molar-refractivity contribution in [2.75, 3.05) is 6.26 Å². The van der Waals surface area contributed by atoms with Gasteiger partial charge in [0.05, 0.1) is 10.6 Å². The number of hydrogen-bond donors (Lipinski definition) is 1. The van der Waals surface area contributed by atoms with Crippen LogP contribution in [0, 0.1) is 24.6 Å². The summed E-state index contributed by atoms with van der Waals surface area (Å²) in [6.45, 7) is 5.62. The van der Waals surface area contributed by atoms with Crippen LogP contribution in [0.2, 0.25) is 0 Å². The van der Waals surface area contributed by atoms with Crippen molar-refractivity contribution in [1.29, 1.82) is 0 Å². The third-order valence-electron chi connectivity index (χ3n) is 5.88. The molecular formula is C23H30FN3O4S. The Morgan fingerprint density at radius 2 is 1.91 bits per heavy atom. The van der Waals surface area contributed by atoms with Crippen molar-refractivity contribution in [3.8, 4) is 11.6 Å². The van der Waals surface area contributed by atoms with Crippen molar-refractivity contribution in [3.05, 3.63) is 41.6 Å². The van der Waals surface area contributed by atoms with Gasteiger partial charge in [0.1, 0.15) is 6.33 Å². The highest BCUT2D eigenvalue weighted by Gasteiger charge is 2.25. The summed E-state index contributed by atoms with van der Waals surface area (Å²) >= 11 is 0. The van der Waals surface area contributed by atoms with Crippen molar-refractivity contribution in [2.45, 2.75) is 63.8 Å². The van der Waals surface area contributed by atoms with E-state index in [2.05, 4.69) is 15.3 Å². The predicted molar refractivity (Wildman–Crippen MR) is 119 cm³/mol. The SMILES string of the molecule is Cc1c(CC2CCC(NC(=O)C(C)C)CC2)ncnc1Oc1ccc(S(C)(=O)=O)cc1F. The maximum Gasteiger partial charge on any atom is 0.225 e. The smallest absolute Gasteiger partial charge is 0.225 e. The van der Waals surface area contributed by atoms with Crippen LogP contribution in [0.15, 0.2) is 29.4 Å². The molecule has 32 heavy (non-hydrogen) atoms. The lowest BCUT2D eigenvalue weighted by atomic mass is 9.82. The zero-order valence-corrected chi connectivity index (χ0v) is 19.7. The van der Waals surface area contributed by atoms with Gasteiger partial charge >= 0.3 is 0 Å². The minimum Gasteiger partial charge on any atom is -0.436 e. The van der Waals surface area contributed by atoms with E-state index in [1.54, 1.807) is 0 Å². The molecule has 174 valence electrons. The molecule has 7 nitrogen and oxygen atoms in total. The highest BCUT2D eigenvalue weighted by Crippen LogP contribution is 2.31. The molecule has 1 aromatic heterocycles. The highest BCUT2D eigenvalue weighted by atomic mass is 32.2. The number of benzene rings is 1. The van der Waals surface area contributed by atoms with E-state index in [9.17, 15) is 17.6 Å². The van der Waals surface area contributed by atoms with Gasteiger partial charge < -0.3 is 10.1 Å². The van der Waals surface area contributed by atoms with E-state index in [0.717, 1.165) is 55.7 Å². The van der Waals surface area contributed by atoms with Crippen molar-refractivity contribution in [1.82, 2.24) is 15.3 Å². The molecule has 0 spiro atoms. The number of aromatic nitrogens is 2. The van der Waals surface area contributed by atoms with E-state index in [4.69, 9.17) is 4.74 Å². The first-order valence-electron chi connectivity index (χ1n) is 10.8. The Balaban J connectivity index is 1.65. The Labute approximate surface area is 188 Å². The summed E-state index contributed by atoms with van der Waals surface area (Å²) in [6, 6.07) is 3.77. The number of nitrogens with one attached hydrogen (secondary N) is 1. The maximum atomic E-state index is 14.4. The number of halogens is 1. The highest BCUT2D eigenvalue weighted by molar-refractivity contribution is 7.90. The van der Waals surface area contributed by atoms with E-state index in [1.807, 2.05) is 20.8 Å². The summed E-state index contributed by atoms with van der Waals surface area (Å²) in [4.78, 5) is 20.3. The molecule has 9 heteroatoms. The van der Waals surface area contributed by atoms with Gasteiger partial charge in [0, 0.05) is 23.8 Å². The molecule has 0 saturated heterocycles. The fraction of sp³-hybridized carbons (Fsp3) is 0.522. The number of carbonyl (C=O) groups excluding carboxylic acids is 1. The van der Waals surface area contributed by atoms with Gasteiger partial charge in [-0.15, -0.1) is 0 Å². The fourth-order valence-electron chi connectivity index (χ4n) is 3.83. The molecule has 1 saturated carbocycles. The normalized spacial score (nSPS) is 19.1. The van der Waals surface area contributed by atoms with Crippen LogP contribution in [0.3, 0.4) is 0 Å². The largest absolute Gasteiger partial charge is 0.436 e. The van der Waals surface area contributed by atoms with Gasteiger partial charge in [-0.2, -0.15) is 0 Å². The summed E-state index contributed by atoms with van der Waals surface area (Å²) in [7, 11) is -3.51. The molecule has 1 amide bonds. The molecule has 0 radical (unpaired) electrons. The minimum atomic E-state index is -3.51. The van der Waals surface area contributed by atoms with Gasteiger partial charge in [0.25, 0.3) is 0 Å². The third kappa shape index (κ3) is 6.03. The Bertz CT molecular complexity index is 1080. The summed E-state index contributed by atoms with van der Waals surface area (Å²) in [5.74, 6) is -0.0879. The van der Waals surface area contributed by atoms with Crippen LogP contribution >= 0.6 is 0 Å². The molecule has 0 atom stereocenters. The van der Waals surface area contributed by atoms with E-state index >= 15 is 0 Å². The van der Waals surface area contributed by atoms with Gasteiger partial charge in [-0.1, -0.05) is 13.8 Å². The lowest BCUT2D eigenvalue weighted by molar-refractivity contribution is -0.125. The molecule has 1 aromatic carbocycles. The Kier molecular flexibility index (Phi) is 7.48. The molecule has 1 fully saturated rings. The number of sulfone groups is 1. The summed E-state index contributed by atoms with van der Waals surface area (Å²) < 4.78 is 43.2. The van der Waals surface area contributed by atoms with Crippen LogP contribution in [-0.4, -0.2) is 36.6 Å². The van der Waals surface area contributed by atoms with E-state index in [1.165, 1.54) is 18.5 Å². The van der Waals surface area contributed by atoms with E-state index in [0.29, 0.717) is 5.92 Å². The first-order chi connectivity index (χ1) is 15.0. The van der Waals surface area contributed by atoms with Crippen molar-refractivity contribution in [2.24, 2.45) is 11.8 Å². The molecule has 1 N–H and O–H groups in total. The fourth-order valence-corrected chi connectivity index (χ4v) is 4.46. The minimum absolute atomic E-state index is 0.0118. The molecule has 1 aliphatic carbocycles. The van der Waals surface area contributed by atoms with Gasteiger partial charge in [-0.25, -0.2) is 22.8 Å². The zero-order chi connectivity index (χ0) is 23.5. The topological polar surface area (TPSA) is 98.2 Å². The number of rotatable bonds is 7. The monoisotopic (exact) mass is 463 g/mol. The number of amides is 1. The van der Waals surface area contributed by atoms with Gasteiger partial charge in [-0.3, -0.25) is 4.79 Å². The van der Waals surface area contributed by atoms with Crippen LogP contribution in [0.1, 0.15) is 50.8 Å². The molecule has 0 unspecified atom stereocenters. The Hall–Kier alpha value is -2.55. The third-order valence-corrected chi connectivity index (χ3v) is 6.99. The van der Waals surface area contributed by atoms with Crippen LogP contribution in [0.4, 0.5) is 4.39 Å². The first-order valence-corrected chi connectivity index (χ1v) is 12.7. The molecular weight excluding hydrogens is 433 g/mol. The summed E-state index contributed by atoms with van der Waals surface area (Å²) in [5, 5.41) is 3.11. The zero-order valence-electron chi connectivity index (χ0n) is 18.9. The van der Waals surface area contributed by atoms with Crippen LogP contribution in [0.25, 0.3) is 0 Å². The second-order valence-corrected chi connectivity index (χ2v) is 10.8. The van der Waals surface area contributed by atoms with Crippen molar-refractivity contribution in [3.63, 3.8) is 0 Å². The van der Waals surface area contributed by atoms with Crippen LogP contribution < -0.4 is 10.1 Å². The lowest BCUT2D eigenvalue weighted by Crippen LogP contribution is -2.39. The maximum absolute atomic E-state index is 14.4. The van der Waals surface area contributed by atoms with Crippen molar-refractivity contribution >= 4 is 15.7 Å². The quantitative estimate of drug-likeness (QED) is 0.667. The molecule has 0 aliphatic heterocycles. The Morgan fingerprint density at radius 3 is 2.50 bits per heavy atom. The predicted octanol–water partition coefficient (Wildman–Crippen LogP) is 3.99. The van der Waals surface area contributed by atoms with Gasteiger partial charge in [0.2, 0.25) is 11.8 Å². The van der Waals surface area contributed by atoms with E-state index in [-0.39, 0.29) is 34.4 Å². The molecule has 1 aliphatic rings. The number of ether oxygens (including phenoxy) is 1. The number of hydrogen-bond acceptors (Lipinski definition) is 6. The van der Waals surface area contributed by atoms with E-state index < -0.39 is 15.7 Å². The molecule has 0 bridgehead atoms. The van der Waals surface area contributed by atoms with Crippen molar-refractivity contribution < 1.29 is 22.3 Å². The first kappa shape index (κ1) is 24.1. The van der Waals surface area contributed by atoms with Gasteiger partial charge in [0.15, 0.2) is 21.4 Å². The number of carbonyl (C=O) groups is 1. The number of nitrogens with zero attached hydrogens (tertiary/aromatic N) is 2. The second kappa shape index (κ2) is 9.94. The average Bonchev–Trinajstić information content (AvgIpc) is 2.72. The van der Waals surface area contributed by atoms with Crippen LogP contribution in [0.5, 0.6) is 11.6 Å². The summed E-state index contributed by atoms with van der Waals surface area (Å²) in [5.41, 5.74) is 1.58.